The number of likely N-dealkylation sites (N-methyl/N-ethyl adjacent to an activating group) is 1. The van der Waals surface area contributed by atoms with Crippen LogP contribution in [0.1, 0.15) is 6.42 Å². The van der Waals surface area contributed by atoms with Gasteiger partial charge in [-0.15, -0.1) is 0 Å². The quantitative estimate of drug-likeness (QED) is 0.784. The SMILES string of the molecule is CN1CCNCC1CCNc1c[nH]c2ccccc12. The van der Waals surface area contributed by atoms with E-state index in [4.69, 9.17) is 0 Å². The summed E-state index contributed by atoms with van der Waals surface area (Å²) in [5, 5.41) is 8.29. The molecule has 19 heavy (non-hydrogen) atoms. The second-order valence-electron chi connectivity index (χ2n) is 5.30. The molecule has 2 aromatic rings. The lowest BCUT2D eigenvalue weighted by Gasteiger charge is -2.33. The van der Waals surface area contributed by atoms with Gasteiger partial charge >= 0.3 is 0 Å². The van der Waals surface area contributed by atoms with E-state index in [1.54, 1.807) is 0 Å². The first-order valence-corrected chi connectivity index (χ1v) is 7.05. The molecule has 1 atom stereocenters. The van der Waals surface area contributed by atoms with Crippen LogP contribution < -0.4 is 10.6 Å². The number of fused-ring (bicyclic) bond motifs is 1. The van der Waals surface area contributed by atoms with Crippen LogP contribution >= 0.6 is 0 Å². The topological polar surface area (TPSA) is 43.1 Å². The van der Waals surface area contributed by atoms with Crippen LogP contribution in [0.3, 0.4) is 0 Å². The molecule has 0 spiro atoms. The minimum Gasteiger partial charge on any atom is -0.383 e. The second-order valence-corrected chi connectivity index (χ2v) is 5.30. The number of anilines is 1. The van der Waals surface area contributed by atoms with E-state index in [0.717, 1.165) is 26.2 Å². The Morgan fingerprint density at radius 3 is 3.16 bits per heavy atom. The summed E-state index contributed by atoms with van der Waals surface area (Å²) >= 11 is 0. The highest BCUT2D eigenvalue weighted by atomic mass is 15.2. The van der Waals surface area contributed by atoms with Gasteiger partial charge in [0.25, 0.3) is 0 Å². The van der Waals surface area contributed by atoms with E-state index in [0.29, 0.717) is 6.04 Å². The Hall–Kier alpha value is -1.52. The minimum absolute atomic E-state index is 0.645. The average Bonchev–Trinajstić information content (AvgIpc) is 2.85. The number of nitrogens with zero attached hydrogens (tertiary/aromatic N) is 1. The predicted molar refractivity (Wildman–Crippen MR) is 80.7 cm³/mol. The molecule has 4 heteroatoms. The standard InChI is InChI=1S/C15H22N4/c1-19-9-8-16-10-12(19)6-7-17-15-11-18-14-5-3-2-4-13(14)15/h2-5,11-12,16-18H,6-10H2,1H3. The maximum Gasteiger partial charge on any atom is 0.0597 e. The summed E-state index contributed by atoms with van der Waals surface area (Å²) in [6.07, 6.45) is 3.23. The van der Waals surface area contributed by atoms with E-state index >= 15 is 0 Å². The first-order valence-electron chi connectivity index (χ1n) is 7.05. The summed E-state index contributed by atoms with van der Waals surface area (Å²) < 4.78 is 0. The number of nitrogens with one attached hydrogen (secondary N) is 3. The number of aromatic amines is 1. The van der Waals surface area contributed by atoms with Gasteiger partial charge in [0.05, 0.1) is 5.69 Å². The third kappa shape index (κ3) is 2.74. The molecule has 0 bridgehead atoms. The van der Waals surface area contributed by atoms with Gasteiger partial charge in [-0.1, -0.05) is 18.2 Å². The van der Waals surface area contributed by atoms with E-state index in [9.17, 15) is 0 Å². The Labute approximate surface area is 114 Å². The maximum atomic E-state index is 3.55. The number of hydrogen-bond donors (Lipinski definition) is 3. The molecule has 1 aromatic carbocycles. The molecular weight excluding hydrogens is 236 g/mol. The molecule has 1 aromatic heterocycles. The highest BCUT2D eigenvalue weighted by Gasteiger charge is 2.17. The molecule has 0 radical (unpaired) electrons. The molecular formula is C15H22N4. The number of aromatic nitrogens is 1. The zero-order valence-corrected chi connectivity index (χ0v) is 11.4. The van der Waals surface area contributed by atoms with Crippen LogP contribution in [0.25, 0.3) is 10.9 Å². The zero-order valence-electron chi connectivity index (χ0n) is 11.4. The number of rotatable bonds is 4. The number of hydrogen-bond acceptors (Lipinski definition) is 3. The number of piperazine rings is 1. The summed E-state index contributed by atoms with van der Waals surface area (Å²) in [6.45, 7) is 4.38. The smallest absolute Gasteiger partial charge is 0.0597 e. The summed E-state index contributed by atoms with van der Waals surface area (Å²) in [7, 11) is 2.22. The van der Waals surface area contributed by atoms with E-state index in [-0.39, 0.29) is 0 Å². The number of H-pyrrole nitrogens is 1. The molecule has 102 valence electrons. The van der Waals surface area contributed by atoms with Gasteiger partial charge in [0.2, 0.25) is 0 Å². The van der Waals surface area contributed by atoms with Gasteiger partial charge in [-0.05, 0) is 19.5 Å². The van der Waals surface area contributed by atoms with Crippen LogP contribution in [0.4, 0.5) is 5.69 Å². The number of benzene rings is 1. The minimum atomic E-state index is 0.645. The van der Waals surface area contributed by atoms with Crippen LogP contribution in [0.2, 0.25) is 0 Å². The van der Waals surface area contributed by atoms with Gasteiger partial charge in [-0.3, -0.25) is 0 Å². The van der Waals surface area contributed by atoms with Crippen LogP contribution in [-0.4, -0.2) is 49.2 Å². The van der Waals surface area contributed by atoms with Crippen molar-refractivity contribution in [2.45, 2.75) is 12.5 Å². The Bertz CT molecular complexity index is 534. The Kier molecular flexibility index (Phi) is 3.71. The van der Waals surface area contributed by atoms with Gasteiger partial charge in [0, 0.05) is 49.3 Å². The van der Waals surface area contributed by atoms with Gasteiger partial charge < -0.3 is 20.5 Å². The summed E-state index contributed by atoms with van der Waals surface area (Å²) in [5.41, 5.74) is 2.41. The normalized spacial score (nSPS) is 20.8. The molecule has 1 saturated heterocycles. The monoisotopic (exact) mass is 258 g/mol. The van der Waals surface area contributed by atoms with Crippen molar-refractivity contribution in [3.8, 4) is 0 Å². The Morgan fingerprint density at radius 2 is 2.26 bits per heavy atom. The van der Waals surface area contributed by atoms with Crippen LogP contribution in [0.5, 0.6) is 0 Å². The predicted octanol–water partition coefficient (Wildman–Crippen LogP) is 1.87. The average molecular weight is 258 g/mol. The number of para-hydroxylation sites is 1. The molecule has 4 nitrogen and oxygen atoms in total. The van der Waals surface area contributed by atoms with Gasteiger partial charge in [-0.25, -0.2) is 0 Å². The molecule has 2 heterocycles. The molecule has 0 amide bonds. The molecule has 0 aliphatic carbocycles. The molecule has 1 unspecified atom stereocenters. The lowest BCUT2D eigenvalue weighted by molar-refractivity contribution is 0.194. The first-order chi connectivity index (χ1) is 9.34. The molecule has 3 N–H and O–H groups in total. The molecule has 3 rings (SSSR count). The summed E-state index contributed by atoms with van der Waals surface area (Å²) in [6, 6.07) is 9.05. The van der Waals surface area contributed by atoms with Crippen molar-refractivity contribution in [1.29, 1.82) is 0 Å². The van der Waals surface area contributed by atoms with Crippen molar-refractivity contribution in [3.05, 3.63) is 30.5 Å². The molecule has 1 aliphatic rings. The van der Waals surface area contributed by atoms with E-state index in [1.165, 1.54) is 23.0 Å². The van der Waals surface area contributed by atoms with Crippen molar-refractivity contribution in [2.24, 2.45) is 0 Å². The third-order valence-corrected chi connectivity index (χ3v) is 4.03. The molecule has 0 saturated carbocycles. The molecule has 1 fully saturated rings. The van der Waals surface area contributed by atoms with Gasteiger partial charge in [0.15, 0.2) is 0 Å². The van der Waals surface area contributed by atoms with Crippen LogP contribution in [0.15, 0.2) is 30.5 Å². The van der Waals surface area contributed by atoms with Gasteiger partial charge in [0.1, 0.15) is 0 Å². The largest absolute Gasteiger partial charge is 0.383 e. The van der Waals surface area contributed by atoms with Crippen molar-refractivity contribution < 1.29 is 0 Å². The summed E-state index contributed by atoms with van der Waals surface area (Å²) in [5.74, 6) is 0. The lowest BCUT2D eigenvalue weighted by atomic mass is 10.1. The van der Waals surface area contributed by atoms with E-state index in [1.807, 2.05) is 0 Å². The fraction of sp³-hybridized carbons (Fsp3) is 0.467. The van der Waals surface area contributed by atoms with Crippen molar-refractivity contribution >= 4 is 16.6 Å². The second kappa shape index (κ2) is 5.63. The highest BCUT2D eigenvalue weighted by Crippen LogP contribution is 2.22. The fourth-order valence-corrected chi connectivity index (χ4v) is 2.78. The Balaban J connectivity index is 1.57. The lowest BCUT2D eigenvalue weighted by Crippen LogP contribution is -2.49. The third-order valence-electron chi connectivity index (χ3n) is 4.03. The van der Waals surface area contributed by atoms with Crippen molar-refractivity contribution in [2.75, 3.05) is 38.5 Å². The van der Waals surface area contributed by atoms with Crippen LogP contribution in [-0.2, 0) is 0 Å². The fourth-order valence-electron chi connectivity index (χ4n) is 2.78. The van der Waals surface area contributed by atoms with Crippen molar-refractivity contribution in [3.63, 3.8) is 0 Å². The zero-order chi connectivity index (χ0) is 13.1. The van der Waals surface area contributed by atoms with Gasteiger partial charge in [-0.2, -0.15) is 0 Å². The first kappa shape index (κ1) is 12.5. The van der Waals surface area contributed by atoms with E-state index < -0.39 is 0 Å². The van der Waals surface area contributed by atoms with Crippen molar-refractivity contribution in [1.82, 2.24) is 15.2 Å². The molecule has 1 aliphatic heterocycles. The summed E-state index contributed by atoms with van der Waals surface area (Å²) in [4.78, 5) is 5.75. The van der Waals surface area contributed by atoms with E-state index in [2.05, 4.69) is 58.0 Å². The highest BCUT2D eigenvalue weighted by molar-refractivity contribution is 5.92. The van der Waals surface area contributed by atoms with Crippen LogP contribution in [0, 0.1) is 0 Å². The Morgan fingerprint density at radius 1 is 1.37 bits per heavy atom. The maximum absolute atomic E-state index is 3.55.